The van der Waals surface area contributed by atoms with Crippen molar-refractivity contribution in [3.8, 4) is 5.75 Å². The third-order valence-corrected chi connectivity index (χ3v) is 3.18. The van der Waals surface area contributed by atoms with Crippen molar-refractivity contribution >= 4 is 5.69 Å². The number of nitro groups is 1. The number of hydrogen-bond acceptors (Lipinski definition) is 5. The zero-order valence-corrected chi connectivity index (χ0v) is 11.6. The molecule has 110 valence electrons. The molecule has 1 aliphatic rings. The number of rotatable bonds is 7. The van der Waals surface area contributed by atoms with Gasteiger partial charge in [-0.05, 0) is 19.0 Å². The van der Waals surface area contributed by atoms with Gasteiger partial charge in [-0.3, -0.25) is 10.1 Å². The fourth-order valence-corrected chi connectivity index (χ4v) is 2.12. The lowest BCUT2D eigenvalue weighted by Gasteiger charge is -2.15. The van der Waals surface area contributed by atoms with Gasteiger partial charge in [0.1, 0.15) is 11.9 Å². The maximum atomic E-state index is 10.9. The standard InChI is InChI=1S/C14H20N2O4/c1-2-6-15-9-11-8-12(16(17)18)3-4-14(11)20-13-5-7-19-10-13/h3-4,8,13,15H,2,5-7,9-10H2,1H3. The van der Waals surface area contributed by atoms with Crippen LogP contribution in [0.15, 0.2) is 18.2 Å². The first kappa shape index (κ1) is 14.7. The molecule has 6 heteroatoms. The van der Waals surface area contributed by atoms with Gasteiger partial charge in [0, 0.05) is 30.7 Å². The van der Waals surface area contributed by atoms with Crippen LogP contribution in [0.4, 0.5) is 5.69 Å². The van der Waals surface area contributed by atoms with Crippen LogP contribution < -0.4 is 10.1 Å². The Labute approximate surface area is 118 Å². The summed E-state index contributed by atoms with van der Waals surface area (Å²) in [5.74, 6) is 0.703. The van der Waals surface area contributed by atoms with E-state index in [1.54, 1.807) is 12.1 Å². The van der Waals surface area contributed by atoms with Crippen LogP contribution in [-0.2, 0) is 11.3 Å². The number of hydrogen-bond donors (Lipinski definition) is 1. The van der Waals surface area contributed by atoms with Crippen molar-refractivity contribution in [1.82, 2.24) is 5.32 Å². The number of ether oxygens (including phenoxy) is 2. The maximum absolute atomic E-state index is 10.9. The molecule has 6 nitrogen and oxygen atoms in total. The second-order valence-corrected chi connectivity index (χ2v) is 4.83. The summed E-state index contributed by atoms with van der Waals surface area (Å²) in [6, 6.07) is 4.74. The zero-order chi connectivity index (χ0) is 14.4. The molecule has 1 unspecified atom stereocenters. The molecule has 1 heterocycles. The third-order valence-electron chi connectivity index (χ3n) is 3.18. The van der Waals surface area contributed by atoms with Crippen LogP contribution in [0.3, 0.4) is 0 Å². The SMILES string of the molecule is CCCNCc1cc([N+](=O)[O-])ccc1OC1CCOC1. The Morgan fingerprint density at radius 3 is 3.05 bits per heavy atom. The lowest BCUT2D eigenvalue weighted by atomic mass is 10.1. The molecule has 1 saturated heterocycles. The molecule has 0 aromatic heterocycles. The van der Waals surface area contributed by atoms with Crippen molar-refractivity contribution in [2.45, 2.75) is 32.4 Å². The Hall–Kier alpha value is -1.66. The first-order valence-electron chi connectivity index (χ1n) is 6.93. The molecule has 1 aliphatic heterocycles. The Balaban J connectivity index is 2.12. The monoisotopic (exact) mass is 280 g/mol. The topological polar surface area (TPSA) is 73.6 Å². The minimum absolute atomic E-state index is 0.0429. The number of non-ortho nitro benzene ring substituents is 1. The molecule has 1 N–H and O–H groups in total. The summed E-state index contributed by atoms with van der Waals surface area (Å²) in [4.78, 5) is 10.5. The average molecular weight is 280 g/mol. The van der Waals surface area contributed by atoms with Crippen LogP contribution in [0, 0.1) is 10.1 Å². The van der Waals surface area contributed by atoms with Gasteiger partial charge in [-0.2, -0.15) is 0 Å². The van der Waals surface area contributed by atoms with Crippen molar-refractivity contribution in [2.75, 3.05) is 19.8 Å². The molecule has 2 rings (SSSR count). The molecule has 1 aromatic rings. The molecule has 1 atom stereocenters. The van der Waals surface area contributed by atoms with Crippen LogP contribution in [0.25, 0.3) is 0 Å². The van der Waals surface area contributed by atoms with Crippen LogP contribution >= 0.6 is 0 Å². The summed E-state index contributed by atoms with van der Waals surface area (Å²) in [5.41, 5.74) is 0.910. The van der Waals surface area contributed by atoms with E-state index in [-0.39, 0.29) is 16.7 Å². The van der Waals surface area contributed by atoms with Gasteiger partial charge in [-0.25, -0.2) is 0 Å². The number of nitrogens with zero attached hydrogens (tertiary/aromatic N) is 1. The van der Waals surface area contributed by atoms with Crippen molar-refractivity contribution in [2.24, 2.45) is 0 Å². The van der Waals surface area contributed by atoms with Gasteiger partial charge in [0.15, 0.2) is 0 Å². The lowest BCUT2D eigenvalue weighted by molar-refractivity contribution is -0.384. The van der Waals surface area contributed by atoms with Crippen molar-refractivity contribution < 1.29 is 14.4 Å². The Bertz CT molecular complexity index is 458. The smallest absolute Gasteiger partial charge is 0.270 e. The highest BCUT2D eigenvalue weighted by Crippen LogP contribution is 2.26. The molecular weight excluding hydrogens is 260 g/mol. The number of benzene rings is 1. The zero-order valence-electron chi connectivity index (χ0n) is 11.6. The maximum Gasteiger partial charge on any atom is 0.270 e. The Morgan fingerprint density at radius 2 is 2.40 bits per heavy atom. The second-order valence-electron chi connectivity index (χ2n) is 4.83. The number of nitrogens with one attached hydrogen (secondary N) is 1. The minimum Gasteiger partial charge on any atom is -0.488 e. The molecular formula is C14H20N2O4. The number of nitro benzene ring substituents is 1. The molecule has 0 amide bonds. The summed E-state index contributed by atoms with van der Waals surface area (Å²) in [6.07, 6.45) is 1.92. The Kier molecular flexibility index (Phi) is 5.31. The van der Waals surface area contributed by atoms with E-state index in [4.69, 9.17) is 9.47 Å². The van der Waals surface area contributed by atoms with Gasteiger partial charge in [-0.1, -0.05) is 6.92 Å². The van der Waals surface area contributed by atoms with E-state index in [9.17, 15) is 10.1 Å². The van der Waals surface area contributed by atoms with E-state index in [1.807, 2.05) is 0 Å². The highest BCUT2D eigenvalue weighted by Gasteiger charge is 2.19. The van der Waals surface area contributed by atoms with Crippen LogP contribution in [-0.4, -0.2) is 30.8 Å². The van der Waals surface area contributed by atoms with Gasteiger partial charge in [0.2, 0.25) is 0 Å². The first-order valence-corrected chi connectivity index (χ1v) is 6.93. The predicted octanol–water partition coefficient (Wildman–Crippen LogP) is 2.26. The normalized spacial score (nSPS) is 18.1. The quantitative estimate of drug-likeness (QED) is 0.471. The summed E-state index contributed by atoms with van der Waals surface area (Å²) in [7, 11) is 0. The molecule has 0 radical (unpaired) electrons. The van der Waals surface area contributed by atoms with Crippen LogP contribution in [0.2, 0.25) is 0 Å². The summed E-state index contributed by atoms with van der Waals surface area (Å²) in [5, 5.41) is 14.1. The van der Waals surface area contributed by atoms with Crippen molar-refractivity contribution in [1.29, 1.82) is 0 Å². The van der Waals surface area contributed by atoms with Crippen molar-refractivity contribution in [3.63, 3.8) is 0 Å². The van der Waals surface area contributed by atoms with E-state index in [2.05, 4.69) is 12.2 Å². The highest BCUT2D eigenvalue weighted by molar-refractivity contribution is 5.44. The van der Waals surface area contributed by atoms with E-state index in [0.29, 0.717) is 25.5 Å². The van der Waals surface area contributed by atoms with Crippen LogP contribution in [0.5, 0.6) is 5.75 Å². The predicted molar refractivity (Wildman–Crippen MR) is 74.9 cm³/mol. The minimum atomic E-state index is -0.383. The summed E-state index contributed by atoms with van der Waals surface area (Å²) >= 11 is 0. The molecule has 0 spiro atoms. The van der Waals surface area contributed by atoms with Crippen LogP contribution in [0.1, 0.15) is 25.3 Å². The van der Waals surface area contributed by atoms with Gasteiger partial charge >= 0.3 is 0 Å². The Morgan fingerprint density at radius 1 is 1.55 bits per heavy atom. The fraction of sp³-hybridized carbons (Fsp3) is 0.571. The van der Waals surface area contributed by atoms with Gasteiger partial charge in [0.05, 0.1) is 18.1 Å². The molecule has 0 bridgehead atoms. The first-order chi connectivity index (χ1) is 9.70. The van der Waals surface area contributed by atoms with E-state index < -0.39 is 0 Å². The van der Waals surface area contributed by atoms with E-state index >= 15 is 0 Å². The van der Waals surface area contributed by atoms with Gasteiger partial charge < -0.3 is 14.8 Å². The van der Waals surface area contributed by atoms with Gasteiger partial charge in [0.25, 0.3) is 5.69 Å². The molecule has 1 fully saturated rings. The third kappa shape index (κ3) is 3.91. The second kappa shape index (κ2) is 7.21. The lowest BCUT2D eigenvalue weighted by Crippen LogP contribution is -2.19. The largest absolute Gasteiger partial charge is 0.488 e. The molecule has 0 saturated carbocycles. The molecule has 0 aliphatic carbocycles. The molecule has 20 heavy (non-hydrogen) atoms. The molecule has 1 aromatic carbocycles. The van der Waals surface area contributed by atoms with Gasteiger partial charge in [-0.15, -0.1) is 0 Å². The van der Waals surface area contributed by atoms with E-state index in [0.717, 1.165) is 24.9 Å². The van der Waals surface area contributed by atoms with Crippen molar-refractivity contribution in [3.05, 3.63) is 33.9 Å². The summed E-state index contributed by atoms with van der Waals surface area (Å²) in [6.45, 7) is 4.81. The highest BCUT2D eigenvalue weighted by atomic mass is 16.6. The average Bonchev–Trinajstić information content (AvgIpc) is 2.93. The van der Waals surface area contributed by atoms with E-state index in [1.165, 1.54) is 6.07 Å². The summed E-state index contributed by atoms with van der Waals surface area (Å²) < 4.78 is 11.2. The fourth-order valence-electron chi connectivity index (χ4n) is 2.12.